The van der Waals surface area contributed by atoms with Crippen molar-refractivity contribution in [3.05, 3.63) is 15.5 Å². The topological polar surface area (TPSA) is 30.0 Å². The van der Waals surface area contributed by atoms with Crippen molar-refractivity contribution in [3.63, 3.8) is 0 Å². The minimum atomic E-state index is -0.190. The van der Waals surface area contributed by atoms with Gasteiger partial charge < -0.3 is 0 Å². The Labute approximate surface area is 71.8 Å². The molecule has 54 valence electrons. The molecule has 0 aliphatic carbocycles. The van der Waals surface area contributed by atoms with Crippen molar-refractivity contribution in [1.82, 2.24) is 4.98 Å². The summed E-state index contributed by atoms with van der Waals surface area (Å²) in [6.07, 6.45) is 0. The molecule has 1 aromatic rings. The predicted octanol–water partition coefficient (Wildman–Crippen LogP) is 2.22. The van der Waals surface area contributed by atoms with E-state index in [0.717, 1.165) is 0 Å². The van der Waals surface area contributed by atoms with Crippen molar-refractivity contribution in [3.8, 4) is 0 Å². The maximum absolute atomic E-state index is 10.8. The Morgan fingerprint density at radius 1 is 1.80 bits per heavy atom. The molecule has 1 rings (SSSR count). The Morgan fingerprint density at radius 3 is 2.90 bits per heavy atom. The van der Waals surface area contributed by atoms with Gasteiger partial charge in [-0.05, 0) is 0 Å². The molecule has 0 saturated heterocycles. The van der Waals surface area contributed by atoms with Crippen molar-refractivity contribution < 1.29 is 4.79 Å². The van der Waals surface area contributed by atoms with Crippen LogP contribution in [0.4, 0.5) is 0 Å². The third-order valence-electron chi connectivity index (χ3n) is 0.883. The van der Waals surface area contributed by atoms with Crippen molar-refractivity contribution in [1.29, 1.82) is 0 Å². The van der Waals surface area contributed by atoms with Gasteiger partial charge in [0.1, 0.15) is 5.69 Å². The Balaban J connectivity index is 2.85. The molecular weight excluding hydrogens is 193 g/mol. The van der Waals surface area contributed by atoms with Crippen LogP contribution in [0.2, 0.25) is 4.47 Å². The number of hydrogen-bond acceptors (Lipinski definition) is 3. The van der Waals surface area contributed by atoms with Gasteiger partial charge in [0.25, 0.3) is 0 Å². The summed E-state index contributed by atoms with van der Waals surface area (Å²) in [5, 5.41) is 1.59. The van der Waals surface area contributed by atoms with E-state index in [4.69, 9.17) is 23.2 Å². The van der Waals surface area contributed by atoms with E-state index in [2.05, 4.69) is 4.98 Å². The van der Waals surface area contributed by atoms with E-state index >= 15 is 0 Å². The largest absolute Gasteiger partial charge is 0.291 e. The highest BCUT2D eigenvalue weighted by molar-refractivity contribution is 7.14. The summed E-state index contributed by atoms with van der Waals surface area (Å²) in [6.45, 7) is 0. The van der Waals surface area contributed by atoms with E-state index in [0.29, 0.717) is 10.2 Å². The summed E-state index contributed by atoms with van der Waals surface area (Å²) >= 11 is 12.0. The van der Waals surface area contributed by atoms with Crippen LogP contribution in [0.1, 0.15) is 10.5 Å². The number of alkyl halides is 1. The van der Waals surface area contributed by atoms with Gasteiger partial charge in [-0.25, -0.2) is 4.98 Å². The van der Waals surface area contributed by atoms with Gasteiger partial charge in [-0.15, -0.1) is 22.9 Å². The molecular formula is C5H3Cl2NOS. The number of hydrogen-bond donors (Lipinski definition) is 0. The van der Waals surface area contributed by atoms with Crippen LogP contribution in [0.5, 0.6) is 0 Å². The van der Waals surface area contributed by atoms with Gasteiger partial charge in [-0.1, -0.05) is 11.6 Å². The van der Waals surface area contributed by atoms with Gasteiger partial charge in [0.15, 0.2) is 10.3 Å². The molecule has 2 nitrogen and oxygen atoms in total. The van der Waals surface area contributed by atoms with Crippen molar-refractivity contribution in [2.24, 2.45) is 0 Å². The number of thiazole rings is 1. The molecule has 10 heavy (non-hydrogen) atoms. The molecule has 0 aromatic carbocycles. The molecule has 0 atom stereocenters. The number of aromatic nitrogens is 1. The predicted molar refractivity (Wildman–Crippen MR) is 42.2 cm³/mol. The average molecular weight is 196 g/mol. The standard InChI is InChI=1S/C5H3Cl2NOS/c6-1-4(9)3-2-10-5(7)8-3/h2H,1H2. The third kappa shape index (κ3) is 1.68. The van der Waals surface area contributed by atoms with Crippen LogP contribution < -0.4 is 0 Å². The van der Waals surface area contributed by atoms with Gasteiger partial charge >= 0.3 is 0 Å². The molecule has 0 aliphatic rings. The summed E-state index contributed by atoms with van der Waals surface area (Å²) in [6, 6.07) is 0. The fraction of sp³-hybridized carbons (Fsp3) is 0.200. The Hall–Kier alpha value is -0.120. The number of rotatable bonds is 2. The first-order chi connectivity index (χ1) is 4.74. The van der Waals surface area contributed by atoms with Gasteiger partial charge in [-0.3, -0.25) is 4.79 Å². The van der Waals surface area contributed by atoms with Crippen molar-refractivity contribution in [2.75, 3.05) is 5.88 Å². The number of Topliss-reactive ketones (excluding diaryl/α,β-unsaturated/α-hetero) is 1. The molecule has 0 radical (unpaired) electrons. The quantitative estimate of drug-likeness (QED) is 0.536. The summed E-state index contributed by atoms with van der Waals surface area (Å²) in [5.74, 6) is -0.232. The second-order valence-electron chi connectivity index (χ2n) is 1.54. The second kappa shape index (κ2) is 3.32. The molecule has 0 saturated carbocycles. The zero-order chi connectivity index (χ0) is 7.56. The van der Waals surface area contributed by atoms with Crippen LogP contribution in [0.3, 0.4) is 0 Å². The molecule has 5 heteroatoms. The zero-order valence-electron chi connectivity index (χ0n) is 4.80. The van der Waals surface area contributed by atoms with E-state index in [1.54, 1.807) is 5.38 Å². The van der Waals surface area contributed by atoms with Crippen molar-refractivity contribution in [2.45, 2.75) is 0 Å². The van der Waals surface area contributed by atoms with Crippen LogP contribution >= 0.6 is 34.5 Å². The van der Waals surface area contributed by atoms with E-state index in [1.165, 1.54) is 11.3 Å². The number of nitrogens with zero attached hydrogens (tertiary/aromatic N) is 1. The van der Waals surface area contributed by atoms with Crippen LogP contribution in [0.25, 0.3) is 0 Å². The van der Waals surface area contributed by atoms with E-state index in [-0.39, 0.29) is 11.7 Å². The molecule has 0 aliphatic heterocycles. The second-order valence-corrected chi connectivity index (χ2v) is 3.25. The molecule has 0 fully saturated rings. The van der Waals surface area contributed by atoms with E-state index < -0.39 is 0 Å². The Morgan fingerprint density at radius 2 is 2.50 bits per heavy atom. The van der Waals surface area contributed by atoms with Crippen LogP contribution in [-0.2, 0) is 0 Å². The lowest BCUT2D eigenvalue weighted by atomic mass is 10.4. The highest BCUT2D eigenvalue weighted by Gasteiger charge is 2.07. The first-order valence-electron chi connectivity index (χ1n) is 2.44. The van der Waals surface area contributed by atoms with E-state index in [9.17, 15) is 4.79 Å². The summed E-state index contributed by atoms with van der Waals surface area (Å²) < 4.78 is 0.369. The maximum Gasteiger partial charge on any atom is 0.196 e. The van der Waals surface area contributed by atoms with Gasteiger partial charge in [-0.2, -0.15) is 0 Å². The average Bonchev–Trinajstić information content (AvgIpc) is 2.34. The van der Waals surface area contributed by atoms with Crippen LogP contribution in [0, 0.1) is 0 Å². The highest BCUT2D eigenvalue weighted by Crippen LogP contribution is 2.15. The monoisotopic (exact) mass is 195 g/mol. The summed E-state index contributed by atoms with van der Waals surface area (Å²) in [5.41, 5.74) is 0.352. The normalized spacial score (nSPS) is 9.80. The Kier molecular flexibility index (Phi) is 2.65. The fourth-order valence-electron chi connectivity index (χ4n) is 0.448. The molecule has 0 unspecified atom stereocenters. The minimum Gasteiger partial charge on any atom is -0.291 e. The number of ketones is 1. The number of halogens is 2. The molecule has 1 heterocycles. The van der Waals surface area contributed by atoms with Gasteiger partial charge in [0.2, 0.25) is 0 Å². The van der Waals surface area contributed by atoms with Crippen LogP contribution in [0.15, 0.2) is 5.38 Å². The zero-order valence-corrected chi connectivity index (χ0v) is 7.13. The molecule has 0 N–H and O–H groups in total. The molecule has 1 aromatic heterocycles. The lowest BCUT2D eigenvalue weighted by molar-refractivity contribution is 0.101. The molecule has 0 spiro atoms. The fourth-order valence-corrected chi connectivity index (χ4v) is 1.35. The lowest BCUT2D eigenvalue weighted by Crippen LogP contribution is -1.99. The summed E-state index contributed by atoms with van der Waals surface area (Å²) in [7, 11) is 0. The van der Waals surface area contributed by atoms with Crippen LogP contribution in [-0.4, -0.2) is 16.6 Å². The molecule has 0 amide bonds. The van der Waals surface area contributed by atoms with Gasteiger partial charge in [0.05, 0.1) is 5.88 Å². The number of carbonyl (C=O) groups excluding carboxylic acids is 1. The first kappa shape index (κ1) is 7.98. The summed E-state index contributed by atoms with van der Waals surface area (Å²) in [4.78, 5) is 14.5. The van der Waals surface area contributed by atoms with Crippen molar-refractivity contribution >= 4 is 40.3 Å². The molecule has 0 bridgehead atoms. The third-order valence-corrected chi connectivity index (χ3v) is 2.10. The minimum absolute atomic E-state index is 0.0416. The van der Waals surface area contributed by atoms with Gasteiger partial charge in [0, 0.05) is 5.38 Å². The maximum atomic E-state index is 10.8. The first-order valence-corrected chi connectivity index (χ1v) is 4.23. The highest BCUT2D eigenvalue weighted by atomic mass is 35.5. The smallest absolute Gasteiger partial charge is 0.196 e. The van der Waals surface area contributed by atoms with E-state index in [1.807, 2.05) is 0 Å². The Bertz CT molecular complexity index is 248. The SMILES string of the molecule is O=C(CCl)c1csc(Cl)n1. The lowest BCUT2D eigenvalue weighted by Gasteiger charge is -1.84. The number of carbonyl (C=O) groups is 1.